The fraction of sp³-hybridized carbons (Fsp3) is 0.154. The van der Waals surface area contributed by atoms with E-state index in [4.69, 9.17) is 4.74 Å². The van der Waals surface area contributed by atoms with Crippen LogP contribution in [0.3, 0.4) is 0 Å². The third-order valence-corrected chi connectivity index (χ3v) is 6.45. The second-order valence-electron chi connectivity index (χ2n) is 8.15. The maximum Gasteiger partial charge on any atom is 0.328 e. The van der Waals surface area contributed by atoms with Gasteiger partial charge in [-0.05, 0) is 55.1 Å². The van der Waals surface area contributed by atoms with Gasteiger partial charge in [-0.15, -0.1) is 0 Å². The van der Waals surface area contributed by atoms with Crippen LogP contribution in [-0.2, 0) is 6.54 Å². The highest BCUT2D eigenvalue weighted by Crippen LogP contribution is 2.40. The molecule has 4 aromatic rings. The van der Waals surface area contributed by atoms with E-state index >= 15 is 0 Å². The molecule has 2 N–H and O–H groups in total. The average Bonchev–Trinajstić information content (AvgIpc) is 3.41. The fourth-order valence-electron chi connectivity index (χ4n) is 4.02. The Kier molecular flexibility index (Phi) is 6.53. The topological polar surface area (TPSA) is 96.4 Å². The van der Waals surface area contributed by atoms with Gasteiger partial charge in [0.05, 0.1) is 24.4 Å². The van der Waals surface area contributed by atoms with E-state index in [1.165, 1.54) is 17.4 Å². The first-order chi connectivity index (χ1) is 17.9. The Balaban J connectivity index is 1.66. The molecule has 0 bridgehead atoms. The van der Waals surface area contributed by atoms with Crippen molar-refractivity contribution >= 4 is 40.5 Å². The van der Waals surface area contributed by atoms with Crippen LogP contribution in [0.2, 0.25) is 0 Å². The van der Waals surface area contributed by atoms with E-state index in [1.807, 2.05) is 18.4 Å². The van der Waals surface area contributed by atoms with Crippen molar-refractivity contribution < 1.29 is 23.1 Å². The van der Waals surface area contributed by atoms with E-state index < -0.39 is 23.4 Å². The normalized spacial score (nSPS) is 12.6. The number of hydrogen-bond donors (Lipinski definition) is 2. The Bertz CT molecular complexity index is 1490. The van der Waals surface area contributed by atoms with Gasteiger partial charge in [0.25, 0.3) is 5.91 Å². The third kappa shape index (κ3) is 4.60. The lowest BCUT2D eigenvalue weighted by Crippen LogP contribution is -2.43. The summed E-state index contributed by atoms with van der Waals surface area (Å²) in [5.74, 6) is -2.09. The van der Waals surface area contributed by atoms with Gasteiger partial charge in [0.15, 0.2) is 5.82 Å². The zero-order valence-corrected chi connectivity index (χ0v) is 20.7. The van der Waals surface area contributed by atoms with Crippen molar-refractivity contribution in [2.45, 2.75) is 20.4 Å². The zero-order valence-electron chi connectivity index (χ0n) is 19.8. The van der Waals surface area contributed by atoms with Crippen LogP contribution in [0.25, 0.3) is 11.3 Å². The zero-order chi connectivity index (χ0) is 26.1. The monoisotopic (exact) mass is 521 g/mol. The number of rotatable bonds is 6. The Morgan fingerprint density at radius 3 is 2.68 bits per heavy atom. The highest BCUT2D eigenvalue weighted by Gasteiger charge is 2.34. The number of anilines is 3. The quantitative estimate of drug-likeness (QED) is 0.334. The number of hydrogen-bond acceptors (Lipinski definition) is 6. The van der Waals surface area contributed by atoms with E-state index in [0.29, 0.717) is 28.1 Å². The first kappa shape index (κ1) is 24.3. The molecule has 3 heterocycles. The number of halogens is 2. The number of fused-ring (bicyclic) bond motifs is 1. The van der Waals surface area contributed by atoms with E-state index in [9.17, 15) is 18.4 Å². The molecule has 3 amide bonds. The van der Waals surface area contributed by atoms with Crippen LogP contribution in [0.5, 0.6) is 6.01 Å². The summed E-state index contributed by atoms with van der Waals surface area (Å²) in [5.41, 5.74) is 2.80. The molecule has 188 valence electrons. The molecule has 0 saturated heterocycles. The maximum absolute atomic E-state index is 14.8. The molecule has 0 spiro atoms. The van der Waals surface area contributed by atoms with Crippen LogP contribution in [0.1, 0.15) is 28.4 Å². The molecule has 0 aliphatic carbocycles. The van der Waals surface area contributed by atoms with Crippen LogP contribution in [0.15, 0.2) is 53.2 Å². The molecule has 1 aliphatic rings. The molecule has 2 aromatic carbocycles. The summed E-state index contributed by atoms with van der Waals surface area (Å²) in [4.78, 5) is 35.2. The lowest BCUT2D eigenvalue weighted by Gasteiger charge is -2.30. The second-order valence-corrected chi connectivity index (χ2v) is 8.93. The van der Waals surface area contributed by atoms with Gasteiger partial charge in [-0.2, -0.15) is 21.3 Å². The summed E-state index contributed by atoms with van der Waals surface area (Å²) in [6.07, 6.45) is 0. The van der Waals surface area contributed by atoms with Crippen molar-refractivity contribution in [3.05, 3.63) is 81.5 Å². The standard InChI is InChI=1S/C26H21F2N5O3S/c1-3-36-25-31-21(17-11-16(8-7-14(17)2)30-24(34)15-9-10-37-13-15)18-12-29-26(35)33(23(18)32-25)22-19(27)5-4-6-20(22)28/h4-11,13H,3,12H2,1-2H3,(H,29,35)(H,30,34). The molecule has 37 heavy (non-hydrogen) atoms. The van der Waals surface area contributed by atoms with Crippen LogP contribution < -0.4 is 20.3 Å². The summed E-state index contributed by atoms with van der Waals surface area (Å²) in [6, 6.07) is 9.62. The summed E-state index contributed by atoms with van der Waals surface area (Å²) < 4.78 is 35.1. The second kappa shape index (κ2) is 9.94. The van der Waals surface area contributed by atoms with E-state index in [2.05, 4.69) is 20.6 Å². The van der Waals surface area contributed by atoms with Crippen molar-refractivity contribution in [3.8, 4) is 17.3 Å². The van der Waals surface area contributed by atoms with Crippen LogP contribution in [-0.4, -0.2) is 28.5 Å². The number of nitrogens with one attached hydrogen (secondary N) is 2. The summed E-state index contributed by atoms with van der Waals surface area (Å²) in [7, 11) is 0. The van der Waals surface area contributed by atoms with Crippen molar-refractivity contribution in [3.63, 3.8) is 0 Å². The molecule has 11 heteroatoms. The molecule has 0 fully saturated rings. The molecule has 2 aromatic heterocycles. The average molecular weight is 522 g/mol. The first-order valence-corrected chi connectivity index (χ1v) is 12.3. The molecule has 8 nitrogen and oxygen atoms in total. The highest BCUT2D eigenvalue weighted by atomic mass is 32.1. The van der Waals surface area contributed by atoms with Gasteiger partial charge in [0.2, 0.25) is 0 Å². The van der Waals surface area contributed by atoms with Crippen LogP contribution in [0, 0.1) is 18.6 Å². The van der Waals surface area contributed by atoms with Gasteiger partial charge in [0.1, 0.15) is 17.3 Å². The Morgan fingerprint density at radius 1 is 1.19 bits per heavy atom. The lowest BCUT2D eigenvalue weighted by molar-refractivity contribution is 0.102. The van der Waals surface area contributed by atoms with Crippen molar-refractivity contribution in [2.75, 3.05) is 16.8 Å². The van der Waals surface area contributed by atoms with Crippen LogP contribution in [0.4, 0.5) is 30.8 Å². The SMILES string of the molecule is CCOc1nc(-c2cc(NC(=O)c3ccsc3)ccc2C)c2c(n1)N(c1c(F)cccc1F)C(=O)NC2. The number of para-hydroxylation sites is 1. The molecule has 0 saturated carbocycles. The number of carbonyl (C=O) groups excluding carboxylic acids is 2. The van der Waals surface area contributed by atoms with Gasteiger partial charge in [0, 0.05) is 22.2 Å². The Hall–Kier alpha value is -4.38. The van der Waals surface area contributed by atoms with Crippen molar-refractivity contribution in [1.82, 2.24) is 15.3 Å². The summed E-state index contributed by atoms with van der Waals surface area (Å²) >= 11 is 1.42. The van der Waals surface area contributed by atoms with Gasteiger partial charge in [-0.3, -0.25) is 4.79 Å². The number of nitrogens with zero attached hydrogens (tertiary/aromatic N) is 3. The number of carbonyl (C=O) groups is 2. The number of benzene rings is 2. The molecule has 0 atom stereocenters. The summed E-state index contributed by atoms with van der Waals surface area (Å²) in [5, 5.41) is 9.09. The molecular formula is C26H21F2N5O3S. The third-order valence-electron chi connectivity index (χ3n) is 5.76. The number of urea groups is 1. The minimum absolute atomic E-state index is 0.00770. The number of thiophene rings is 1. The van der Waals surface area contributed by atoms with Gasteiger partial charge in [-0.25, -0.2) is 18.5 Å². The Morgan fingerprint density at radius 2 is 1.97 bits per heavy atom. The number of aryl methyl sites for hydroxylation is 1. The fourth-order valence-corrected chi connectivity index (χ4v) is 4.65. The number of ether oxygens (including phenoxy) is 1. The van der Waals surface area contributed by atoms with Crippen molar-refractivity contribution in [2.24, 2.45) is 0 Å². The van der Waals surface area contributed by atoms with Crippen LogP contribution >= 0.6 is 11.3 Å². The highest BCUT2D eigenvalue weighted by molar-refractivity contribution is 7.08. The molecular weight excluding hydrogens is 500 g/mol. The predicted molar refractivity (Wildman–Crippen MR) is 136 cm³/mol. The smallest absolute Gasteiger partial charge is 0.328 e. The minimum Gasteiger partial charge on any atom is -0.464 e. The lowest BCUT2D eigenvalue weighted by atomic mass is 9.99. The van der Waals surface area contributed by atoms with Gasteiger partial charge < -0.3 is 15.4 Å². The molecule has 1 aliphatic heterocycles. The molecule has 0 unspecified atom stereocenters. The van der Waals surface area contributed by atoms with Crippen molar-refractivity contribution in [1.29, 1.82) is 0 Å². The van der Waals surface area contributed by atoms with Gasteiger partial charge >= 0.3 is 12.0 Å². The Labute approximate surface area is 214 Å². The van der Waals surface area contributed by atoms with E-state index in [-0.39, 0.29) is 30.9 Å². The van der Waals surface area contributed by atoms with E-state index in [1.54, 1.807) is 30.5 Å². The number of amides is 3. The van der Waals surface area contributed by atoms with E-state index in [0.717, 1.165) is 22.6 Å². The summed E-state index contributed by atoms with van der Waals surface area (Å²) in [6.45, 7) is 3.86. The molecule has 5 rings (SSSR count). The number of aromatic nitrogens is 2. The first-order valence-electron chi connectivity index (χ1n) is 11.4. The maximum atomic E-state index is 14.8. The largest absolute Gasteiger partial charge is 0.464 e. The minimum atomic E-state index is -0.921. The van der Waals surface area contributed by atoms with Gasteiger partial charge in [-0.1, -0.05) is 12.1 Å². The predicted octanol–water partition coefficient (Wildman–Crippen LogP) is 5.80. The molecule has 0 radical (unpaired) electrons.